The number of primary amides is 1. The van der Waals surface area contributed by atoms with Gasteiger partial charge in [-0.15, -0.1) is 0 Å². The van der Waals surface area contributed by atoms with Crippen LogP contribution in [0.25, 0.3) is 0 Å². The third-order valence-corrected chi connectivity index (χ3v) is 2.45. The van der Waals surface area contributed by atoms with Crippen LogP contribution in [-0.2, 0) is 0 Å². The molecule has 2 rings (SSSR count). The molecular formula is C15H15NO4. The molecule has 2 aromatic carbocycles. The van der Waals surface area contributed by atoms with E-state index in [0.29, 0.717) is 5.56 Å². The number of Topliss-reactive ketones (excluding diaryl/α,β-unsaturated/α-hetero) is 1. The highest BCUT2D eigenvalue weighted by Gasteiger charge is 2.03. The lowest BCUT2D eigenvalue weighted by Gasteiger charge is -1.96. The van der Waals surface area contributed by atoms with Gasteiger partial charge >= 0.3 is 0 Å². The first-order valence-electron chi connectivity index (χ1n) is 5.80. The summed E-state index contributed by atoms with van der Waals surface area (Å²) in [6, 6.07) is 12.6. The van der Waals surface area contributed by atoms with Crippen LogP contribution >= 0.6 is 0 Å². The minimum absolute atomic E-state index is 0.0509. The molecule has 5 nitrogen and oxygen atoms in total. The number of hydrogen-bond acceptors (Lipinski definition) is 4. The van der Waals surface area contributed by atoms with E-state index in [-0.39, 0.29) is 22.8 Å². The molecule has 0 aliphatic heterocycles. The van der Waals surface area contributed by atoms with E-state index in [2.05, 4.69) is 0 Å². The van der Waals surface area contributed by atoms with Gasteiger partial charge in [-0.25, -0.2) is 0 Å². The van der Waals surface area contributed by atoms with Crippen molar-refractivity contribution in [3.05, 3.63) is 59.7 Å². The Morgan fingerprint density at radius 1 is 0.850 bits per heavy atom. The van der Waals surface area contributed by atoms with Crippen LogP contribution in [0.4, 0.5) is 0 Å². The van der Waals surface area contributed by atoms with Crippen molar-refractivity contribution >= 4 is 11.7 Å². The third-order valence-electron chi connectivity index (χ3n) is 2.45. The van der Waals surface area contributed by atoms with E-state index < -0.39 is 5.91 Å². The van der Waals surface area contributed by atoms with Gasteiger partial charge in [-0.2, -0.15) is 0 Å². The second-order valence-electron chi connectivity index (χ2n) is 3.95. The van der Waals surface area contributed by atoms with Gasteiger partial charge in [-0.3, -0.25) is 9.59 Å². The van der Waals surface area contributed by atoms with Gasteiger partial charge in [0.2, 0.25) is 0 Å². The van der Waals surface area contributed by atoms with Gasteiger partial charge in [0.15, 0.2) is 5.78 Å². The average molecular weight is 273 g/mol. The Morgan fingerprint density at radius 2 is 1.25 bits per heavy atom. The molecule has 0 aliphatic carbocycles. The molecule has 0 saturated heterocycles. The van der Waals surface area contributed by atoms with Gasteiger partial charge in [-0.05, 0) is 31.2 Å². The van der Waals surface area contributed by atoms with Crippen LogP contribution in [0.1, 0.15) is 27.6 Å². The van der Waals surface area contributed by atoms with Crippen LogP contribution in [0.15, 0.2) is 48.5 Å². The summed E-state index contributed by atoms with van der Waals surface area (Å²) in [6.07, 6.45) is 0. The maximum atomic E-state index is 10.7. The van der Waals surface area contributed by atoms with Crippen LogP contribution in [0.3, 0.4) is 0 Å². The van der Waals surface area contributed by atoms with Gasteiger partial charge in [0, 0.05) is 0 Å². The summed E-state index contributed by atoms with van der Waals surface area (Å²) in [6.45, 7) is 1.43. The van der Waals surface area contributed by atoms with E-state index in [1.54, 1.807) is 30.3 Å². The van der Waals surface area contributed by atoms with Gasteiger partial charge in [0.25, 0.3) is 5.91 Å². The fourth-order valence-electron chi connectivity index (χ4n) is 1.45. The highest BCUT2D eigenvalue weighted by Crippen LogP contribution is 2.15. The first kappa shape index (κ1) is 15.2. The zero-order valence-electron chi connectivity index (χ0n) is 10.9. The maximum absolute atomic E-state index is 10.7. The summed E-state index contributed by atoms with van der Waals surface area (Å²) >= 11 is 0. The molecule has 0 heterocycles. The number of para-hydroxylation sites is 2. The minimum Gasteiger partial charge on any atom is -0.507 e. The van der Waals surface area contributed by atoms with Gasteiger partial charge in [0.1, 0.15) is 11.5 Å². The average Bonchev–Trinajstić information content (AvgIpc) is 2.40. The Kier molecular flexibility index (Phi) is 5.29. The van der Waals surface area contributed by atoms with Gasteiger partial charge in [-0.1, -0.05) is 24.3 Å². The second kappa shape index (κ2) is 6.94. The van der Waals surface area contributed by atoms with E-state index in [1.165, 1.54) is 25.1 Å². The lowest BCUT2D eigenvalue weighted by molar-refractivity contribution is 0.0993. The molecule has 5 heteroatoms. The van der Waals surface area contributed by atoms with E-state index in [1.807, 2.05) is 0 Å². The number of benzene rings is 2. The second-order valence-corrected chi connectivity index (χ2v) is 3.95. The molecule has 4 N–H and O–H groups in total. The number of hydrogen-bond donors (Lipinski definition) is 3. The molecule has 0 radical (unpaired) electrons. The lowest BCUT2D eigenvalue weighted by Crippen LogP contribution is -2.10. The third kappa shape index (κ3) is 4.13. The number of carbonyl (C=O) groups is 2. The summed E-state index contributed by atoms with van der Waals surface area (Å²) < 4.78 is 0. The van der Waals surface area contributed by atoms with Crippen molar-refractivity contribution in [1.29, 1.82) is 0 Å². The van der Waals surface area contributed by atoms with Gasteiger partial charge in [0.05, 0.1) is 11.1 Å². The minimum atomic E-state index is -0.613. The predicted molar refractivity (Wildman–Crippen MR) is 74.7 cm³/mol. The fraction of sp³-hybridized carbons (Fsp3) is 0.0667. The van der Waals surface area contributed by atoms with Crippen LogP contribution < -0.4 is 5.73 Å². The normalized spacial score (nSPS) is 9.25. The molecule has 0 spiro atoms. The standard InChI is InChI=1S/C8H8O2.C7H7NO2/c1-6(9)7-4-2-3-5-8(7)10;8-7(10)5-3-1-2-4-6(5)9/h2-5,10H,1H3;1-4,9H,(H2,8,10). The smallest absolute Gasteiger partial charge is 0.252 e. The number of phenolic OH excluding ortho intramolecular Hbond substituents is 1. The summed E-state index contributed by atoms with van der Waals surface area (Å²) in [5.41, 5.74) is 5.45. The molecule has 20 heavy (non-hydrogen) atoms. The number of amides is 1. The number of ketones is 1. The summed E-state index contributed by atoms with van der Waals surface area (Å²) in [4.78, 5) is 21.2. The van der Waals surface area contributed by atoms with E-state index in [0.717, 1.165) is 0 Å². The van der Waals surface area contributed by atoms with Crippen molar-refractivity contribution in [1.82, 2.24) is 0 Å². The summed E-state index contributed by atoms with van der Waals surface area (Å²) in [5.74, 6) is -0.749. The van der Waals surface area contributed by atoms with Crippen molar-refractivity contribution in [3.8, 4) is 11.5 Å². The Balaban J connectivity index is 0.000000200. The molecule has 1 amide bonds. The highest BCUT2D eigenvalue weighted by atomic mass is 16.3. The van der Waals surface area contributed by atoms with E-state index >= 15 is 0 Å². The molecule has 0 bridgehead atoms. The SMILES string of the molecule is CC(=O)c1ccccc1O.NC(=O)c1ccccc1O. The monoisotopic (exact) mass is 273 g/mol. The molecule has 2 aromatic rings. The number of nitrogens with two attached hydrogens (primary N) is 1. The van der Waals surface area contributed by atoms with Crippen LogP contribution in [0, 0.1) is 0 Å². The maximum Gasteiger partial charge on any atom is 0.252 e. The van der Waals surface area contributed by atoms with Crippen molar-refractivity contribution < 1.29 is 19.8 Å². The Morgan fingerprint density at radius 3 is 1.50 bits per heavy atom. The highest BCUT2D eigenvalue weighted by molar-refractivity contribution is 5.96. The molecule has 0 unspecified atom stereocenters. The van der Waals surface area contributed by atoms with Gasteiger partial charge < -0.3 is 15.9 Å². The predicted octanol–water partition coefficient (Wildman–Crippen LogP) is 2.09. The van der Waals surface area contributed by atoms with E-state index in [4.69, 9.17) is 15.9 Å². The van der Waals surface area contributed by atoms with Crippen molar-refractivity contribution in [2.24, 2.45) is 5.73 Å². The van der Waals surface area contributed by atoms with Crippen molar-refractivity contribution in [2.75, 3.05) is 0 Å². The largest absolute Gasteiger partial charge is 0.507 e. The topological polar surface area (TPSA) is 101 Å². The number of carbonyl (C=O) groups excluding carboxylic acids is 2. The summed E-state index contributed by atoms with van der Waals surface area (Å²) in [5, 5.41) is 18.0. The van der Waals surface area contributed by atoms with Crippen LogP contribution in [-0.4, -0.2) is 21.9 Å². The number of rotatable bonds is 2. The Labute approximate surface area is 116 Å². The zero-order chi connectivity index (χ0) is 15.1. The Bertz CT molecular complexity index is 567. The molecule has 0 fully saturated rings. The molecule has 104 valence electrons. The van der Waals surface area contributed by atoms with Crippen LogP contribution in [0.5, 0.6) is 11.5 Å². The summed E-state index contributed by atoms with van der Waals surface area (Å²) in [7, 11) is 0. The lowest BCUT2D eigenvalue weighted by atomic mass is 10.1. The fourth-order valence-corrected chi connectivity index (χ4v) is 1.45. The number of phenols is 2. The first-order valence-corrected chi connectivity index (χ1v) is 5.80. The van der Waals surface area contributed by atoms with Crippen LogP contribution in [0.2, 0.25) is 0 Å². The molecule has 0 aliphatic rings. The molecule has 0 aromatic heterocycles. The Hall–Kier alpha value is -2.82. The molecule has 0 atom stereocenters. The first-order chi connectivity index (χ1) is 9.43. The van der Waals surface area contributed by atoms with Crippen molar-refractivity contribution in [3.63, 3.8) is 0 Å². The van der Waals surface area contributed by atoms with E-state index in [9.17, 15) is 9.59 Å². The zero-order valence-corrected chi connectivity index (χ0v) is 10.9. The number of aromatic hydroxyl groups is 2. The molecule has 0 saturated carbocycles. The van der Waals surface area contributed by atoms with Crippen molar-refractivity contribution in [2.45, 2.75) is 6.92 Å². The molecular weight excluding hydrogens is 258 g/mol. The quantitative estimate of drug-likeness (QED) is 0.729.